The van der Waals surface area contributed by atoms with E-state index in [2.05, 4.69) is 16.0 Å². The van der Waals surface area contributed by atoms with E-state index in [1.165, 1.54) is 5.56 Å². The van der Waals surface area contributed by atoms with Crippen LogP contribution in [0.3, 0.4) is 0 Å². The van der Waals surface area contributed by atoms with E-state index in [1.54, 1.807) is 7.11 Å². The first-order chi connectivity index (χ1) is 9.63. The highest BCUT2D eigenvalue weighted by Crippen LogP contribution is 2.18. The summed E-state index contributed by atoms with van der Waals surface area (Å²) in [6.45, 7) is 3.30. The number of hydrogen-bond donors (Lipinski definition) is 1. The van der Waals surface area contributed by atoms with Gasteiger partial charge in [-0.1, -0.05) is 18.2 Å². The van der Waals surface area contributed by atoms with E-state index in [0.717, 1.165) is 29.4 Å². The molecule has 0 saturated carbocycles. The monoisotopic (exact) mass is 271 g/mol. The molecule has 1 aromatic heterocycles. The number of benzene rings is 1. The number of ether oxygens (including phenoxy) is 1. The van der Waals surface area contributed by atoms with Crippen molar-refractivity contribution < 1.29 is 4.74 Å². The summed E-state index contributed by atoms with van der Waals surface area (Å²) < 4.78 is 5.24. The van der Waals surface area contributed by atoms with Crippen molar-refractivity contribution in [2.45, 2.75) is 20.0 Å². The van der Waals surface area contributed by atoms with Gasteiger partial charge >= 0.3 is 0 Å². The predicted octanol–water partition coefficient (Wildman–Crippen LogP) is 2.49. The van der Waals surface area contributed by atoms with Gasteiger partial charge in [-0.25, -0.2) is 4.98 Å². The summed E-state index contributed by atoms with van der Waals surface area (Å²) in [5, 5.41) is 0. The maximum Gasteiger partial charge on any atom is 0.128 e. The molecule has 0 fully saturated rings. The van der Waals surface area contributed by atoms with Crippen LogP contribution in [0, 0.1) is 6.92 Å². The normalized spacial score (nSPS) is 10.4. The van der Waals surface area contributed by atoms with Gasteiger partial charge in [0.05, 0.1) is 7.11 Å². The average molecular weight is 271 g/mol. The summed E-state index contributed by atoms with van der Waals surface area (Å²) in [5.74, 6) is 1.82. The van der Waals surface area contributed by atoms with Crippen LogP contribution in [0.2, 0.25) is 0 Å². The molecule has 0 amide bonds. The number of nitrogens with two attached hydrogens (primary N) is 1. The lowest BCUT2D eigenvalue weighted by Crippen LogP contribution is -2.18. The van der Waals surface area contributed by atoms with E-state index in [-0.39, 0.29) is 0 Å². The van der Waals surface area contributed by atoms with Gasteiger partial charge in [0.1, 0.15) is 11.6 Å². The Balaban J connectivity index is 2.14. The number of hydrogen-bond acceptors (Lipinski definition) is 4. The Hall–Kier alpha value is -2.07. The lowest BCUT2D eigenvalue weighted by Gasteiger charge is -2.19. The van der Waals surface area contributed by atoms with Gasteiger partial charge in [-0.2, -0.15) is 0 Å². The number of methoxy groups -OCH3 is 1. The second-order valence-corrected chi connectivity index (χ2v) is 4.83. The predicted molar refractivity (Wildman–Crippen MR) is 82.0 cm³/mol. The highest BCUT2D eigenvalue weighted by atomic mass is 16.5. The van der Waals surface area contributed by atoms with Crippen molar-refractivity contribution in [2.75, 3.05) is 19.1 Å². The fraction of sp³-hybridized carbons (Fsp3) is 0.312. The minimum atomic E-state index is 0.526. The zero-order chi connectivity index (χ0) is 14.5. The largest absolute Gasteiger partial charge is 0.497 e. The van der Waals surface area contributed by atoms with E-state index < -0.39 is 0 Å². The van der Waals surface area contributed by atoms with Crippen LogP contribution in [-0.4, -0.2) is 19.1 Å². The summed E-state index contributed by atoms with van der Waals surface area (Å²) >= 11 is 0. The number of nitrogens with zero attached hydrogens (tertiary/aromatic N) is 2. The first kappa shape index (κ1) is 14.3. The molecule has 2 N–H and O–H groups in total. The zero-order valence-corrected chi connectivity index (χ0v) is 12.3. The van der Waals surface area contributed by atoms with E-state index in [9.17, 15) is 0 Å². The fourth-order valence-electron chi connectivity index (χ4n) is 2.13. The van der Waals surface area contributed by atoms with Crippen LogP contribution in [0.1, 0.15) is 16.8 Å². The molecule has 20 heavy (non-hydrogen) atoms. The molecule has 2 aromatic rings. The maximum atomic E-state index is 5.66. The first-order valence-electron chi connectivity index (χ1n) is 6.64. The molecule has 106 valence electrons. The van der Waals surface area contributed by atoms with E-state index in [4.69, 9.17) is 10.5 Å². The van der Waals surface area contributed by atoms with Crippen molar-refractivity contribution in [1.29, 1.82) is 0 Å². The summed E-state index contributed by atoms with van der Waals surface area (Å²) in [7, 11) is 3.71. The van der Waals surface area contributed by atoms with Crippen molar-refractivity contribution >= 4 is 5.82 Å². The van der Waals surface area contributed by atoms with Crippen LogP contribution in [-0.2, 0) is 13.1 Å². The third-order valence-electron chi connectivity index (χ3n) is 3.35. The van der Waals surface area contributed by atoms with E-state index in [1.807, 2.05) is 44.3 Å². The minimum Gasteiger partial charge on any atom is -0.497 e. The van der Waals surface area contributed by atoms with Gasteiger partial charge in [-0.3, -0.25) is 0 Å². The van der Waals surface area contributed by atoms with Gasteiger partial charge in [0.25, 0.3) is 0 Å². The lowest BCUT2D eigenvalue weighted by molar-refractivity contribution is 0.414. The van der Waals surface area contributed by atoms with Gasteiger partial charge in [-0.15, -0.1) is 0 Å². The third kappa shape index (κ3) is 3.27. The van der Waals surface area contributed by atoms with Crippen LogP contribution in [0.5, 0.6) is 5.75 Å². The minimum absolute atomic E-state index is 0.526. The van der Waals surface area contributed by atoms with Crippen molar-refractivity contribution in [3.8, 4) is 5.75 Å². The number of aryl methyl sites for hydroxylation is 1. The highest BCUT2D eigenvalue weighted by Gasteiger charge is 2.06. The maximum absolute atomic E-state index is 5.66. The Kier molecular flexibility index (Phi) is 4.58. The molecule has 0 aliphatic heterocycles. The number of pyridine rings is 1. The Bertz CT molecular complexity index is 584. The molecule has 1 heterocycles. The number of rotatable bonds is 5. The molecule has 0 atom stereocenters. The summed E-state index contributed by atoms with van der Waals surface area (Å²) in [6.07, 6.45) is 0. The molecule has 4 heteroatoms. The Morgan fingerprint density at radius 3 is 2.70 bits per heavy atom. The van der Waals surface area contributed by atoms with E-state index >= 15 is 0 Å². The van der Waals surface area contributed by atoms with Crippen LogP contribution in [0.4, 0.5) is 5.82 Å². The van der Waals surface area contributed by atoms with Crippen LogP contribution in [0.25, 0.3) is 0 Å². The summed E-state index contributed by atoms with van der Waals surface area (Å²) in [6, 6.07) is 12.1. The highest BCUT2D eigenvalue weighted by molar-refractivity contribution is 5.42. The SMILES string of the molecule is COc1cccc(CN(C)c2ccc(CN)c(C)n2)c1. The Morgan fingerprint density at radius 2 is 2.05 bits per heavy atom. The number of anilines is 1. The lowest BCUT2D eigenvalue weighted by atomic mass is 10.2. The van der Waals surface area contributed by atoms with Crippen molar-refractivity contribution in [3.05, 3.63) is 53.2 Å². The van der Waals surface area contributed by atoms with Gasteiger partial charge in [0, 0.05) is 25.8 Å². The standard InChI is InChI=1S/C16H21N3O/c1-12-14(10-17)7-8-16(18-12)19(2)11-13-5-4-6-15(9-13)20-3/h4-9H,10-11,17H2,1-3H3. The molecule has 0 aliphatic carbocycles. The van der Waals surface area contributed by atoms with E-state index in [0.29, 0.717) is 6.54 Å². The smallest absolute Gasteiger partial charge is 0.128 e. The third-order valence-corrected chi connectivity index (χ3v) is 3.35. The van der Waals surface area contributed by atoms with Crippen LogP contribution in [0.15, 0.2) is 36.4 Å². The number of aromatic nitrogens is 1. The molecule has 0 bridgehead atoms. The topological polar surface area (TPSA) is 51.4 Å². The Morgan fingerprint density at radius 1 is 1.25 bits per heavy atom. The zero-order valence-electron chi connectivity index (χ0n) is 12.3. The molecule has 0 radical (unpaired) electrons. The summed E-state index contributed by atoms with van der Waals surface area (Å²) in [4.78, 5) is 6.71. The molecular formula is C16H21N3O. The van der Waals surface area contributed by atoms with Gasteiger partial charge in [0.2, 0.25) is 0 Å². The van der Waals surface area contributed by atoms with Crippen molar-refractivity contribution in [1.82, 2.24) is 4.98 Å². The molecule has 4 nitrogen and oxygen atoms in total. The molecule has 0 aliphatic rings. The summed E-state index contributed by atoms with van der Waals surface area (Å²) in [5.41, 5.74) is 8.93. The molecule has 0 spiro atoms. The van der Waals surface area contributed by atoms with Crippen LogP contribution < -0.4 is 15.4 Å². The molecule has 2 rings (SSSR count). The molecule has 0 unspecified atom stereocenters. The van der Waals surface area contributed by atoms with Gasteiger partial charge in [-0.05, 0) is 36.2 Å². The van der Waals surface area contributed by atoms with Crippen LogP contribution >= 0.6 is 0 Å². The fourth-order valence-corrected chi connectivity index (χ4v) is 2.13. The Labute approximate surface area is 120 Å². The van der Waals surface area contributed by atoms with Crippen molar-refractivity contribution in [3.63, 3.8) is 0 Å². The van der Waals surface area contributed by atoms with Gasteiger partial charge < -0.3 is 15.4 Å². The molecule has 1 aromatic carbocycles. The second-order valence-electron chi connectivity index (χ2n) is 4.83. The first-order valence-corrected chi connectivity index (χ1v) is 6.64. The quantitative estimate of drug-likeness (QED) is 0.907. The molecule has 0 saturated heterocycles. The second kappa shape index (κ2) is 6.39. The molecular weight excluding hydrogens is 250 g/mol. The average Bonchev–Trinajstić information content (AvgIpc) is 2.47. The van der Waals surface area contributed by atoms with Crippen molar-refractivity contribution in [2.24, 2.45) is 5.73 Å². The van der Waals surface area contributed by atoms with Gasteiger partial charge in [0.15, 0.2) is 0 Å².